The number of aromatic nitrogens is 2. The molecule has 4 aromatic carbocycles. The van der Waals surface area contributed by atoms with Crippen molar-refractivity contribution in [2.45, 2.75) is 6.61 Å². The van der Waals surface area contributed by atoms with Crippen LogP contribution in [0.25, 0.3) is 32.8 Å². The number of ether oxygens (including phenoxy) is 1. The summed E-state index contributed by atoms with van der Waals surface area (Å²) in [5.41, 5.74) is 3.67. The van der Waals surface area contributed by atoms with Crippen molar-refractivity contribution in [3.8, 4) is 5.75 Å². The molecular weight excluding hydrogens is 496 g/mol. The molecule has 6 heteroatoms. The van der Waals surface area contributed by atoms with Crippen molar-refractivity contribution in [3.05, 3.63) is 115 Å². The van der Waals surface area contributed by atoms with Crippen molar-refractivity contribution in [1.82, 2.24) is 9.38 Å². The summed E-state index contributed by atoms with van der Waals surface area (Å²) in [6.07, 6.45) is 1.90. The predicted molar refractivity (Wildman–Crippen MR) is 138 cm³/mol. The maximum Gasteiger partial charge on any atom is 0.274 e. The quantitative estimate of drug-likeness (QED) is 0.293. The predicted octanol–water partition coefficient (Wildman–Crippen LogP) is 5.95. The third-order valence-corrected chi connectivity index (χ3v) is 7.20. The smallest absolute Gasteiger partial charge is 0.274 e. The van der Waals surface area contributed by atoms with Crippen LogP contribution in [0.1, 0.15) is 11.1 Å². The minimum atomic E-state index is -0.0450. The number of thiazole rings is 1. The van der Waals surface area contributed by atoms with Gasteiger partial charge in [0.15, 0.2) is 4.96 Å². The van der Waals surface area contributed by atoms with Crippen molar-refractivity contribution in [2.75, 3.05) is 0 Å². The molecule has 0 N–H and O–H groups in total. The van der Waals surface area contributed by atoms with E-state index in [0.717, 1.165) is 32.4 Å². The van der Waals surface area contributed by atoms with Crippen molar-refractivity contribution in [1.29, 1.82) is 0 Å². The fourth-order valence-corrected chi connectivity index (χ4v) is 5.47. The Morgan fingerprint density at radius 2 is 1.76 bits per heavy atom. The van der Waals surface area contributed by atoms with Crippen LogP contribution < -0.4 is 14.8 Å². The summed E-state index contributed by atoms with van der Waals surface area (Å²) in [6, 6.07) is 28.2. The lowest BCUT2D eigenvalue weighted by Crippen LogP contribution is -2.22. The van der Waals surface area contributed by atoms with Crippen LogP contribution in [0.3, 0.4) is 0 Å². The van der Waals surface area contributed by atoms with Crippen LogP contribution >= 0.6 is 27.3 Å². The van der Waals surface area contributed by atoms with E-state index in [-0.39, 0.29) is 5.56 Å². The largest absolute Gasteiger partial charge is 0.488 e. The van der Waals surface area contributed by atoms with Gasteiger partial charge in [0.1, 0.15) is 12.4 Å². The molecule has 6 aromatic rings. The Morgan fingerprint density at radius 3 is 2.64 bits per heavy atom. The maximum atomic E-state index is 13.0. The van der Waals surface area contributed by atoms with Gasteiger partial charge in [-0.05, 0) is 74.2 Å². The van der Waals surface area contributed by atoms with E-state index >= 15 is 0 Å². The molecule has 33 heavy (non-hydrogen) atoms. The van der Waals surface area contributed by atoms with Gasteiger partial charge in [-0.3, -0.25) is 4.79 Å². The van der Waals surface area contributed by atoms with Crippen LogP contribution in [0, 0.1) is 0 Å². The Labute approximate surface area is 201 Å². The van der Waals surface area contributed by atoms with Crippen LogP contribution in [0.2, 0.25) is 0 Å². The zero-order valence-corrected chi connectivity index (χ0v) is 19.8. The number of hydrogen-bond donors (Lipinski definition) is 0. The van der Waals surface area contributed by atoms with Crippen LogP contribution in [0.5, 0.6) is 5.75 Å². The number of rotatable bonds is 4. The molecule has 6 rings (SSSR count). The average Bonchev–Trinajstić information content (AvgIpc) is 3.34. The Balaban J connectivity index is 1.27. The fraction of sp³-hybridized carbons (Fsp3) is 0.0370. The molecule has 0 fully saturated rings. The van der Waals surface area contributed by atoms with Crippen molar-refractivity contribution < 1.29 is 4.74 Å². The second-order valence-electron chi connectivity index (χ2n) is 7.79. The Morgan fingerprint density at radius 1 is 0.939 bits per heavy atom. The summed E-state index contributed by atoms with van der Waals surface area (Å²) in [7, 11) is 0. The highest BCUT2D eigenvalue weighted by Gasteiger charge is 2.11. The molecule has 2 aromatic heterocycles. The second-order valence-corrected chi connectivity index (χ2v) is 9.66. The first-order valence-corrected chi connectivity index (χ1v) is 12.1. The highest BCUT2D eigenvalue weighted by Crippen LogP contribution is 2.28. The molecule has 0 unspecified atom stereocenters. The molecule has 0 amide bonds. The molecule has 0 aliphatic heterocycles. The molecule has 0 aliphatic rings. The molecule has 0 saturated carbocycles. The first-order valence-electron chi connectivity index (χ1n) is 10.5. The van der Waals surface area contributed by atoms with E-state index in [1.165, 1.54) is 22.1 Å². The standard InChI is InChI=1S/C27H17BrN2O2S/c28-21-14-17(15-25-26(31)30-23-8-4-3-7-22(23)29-27(30)33-25)10-12-24(21)32-16-18-9-11-19-5-1-2-6-20(19)13-18/h1-15H,16H2/b25-15-. The highest BCUT2D eigenvalue weighted by atomic mass is 79.9. The van der Waals surface area contributed by atoms with E-state index in [2.05, 4.69) is 51.2 Å². The van der Waals surface area contributed by atoms with Gasteiger partial charge in [-0.15, -0.1) is 0 Å². The number of para-hydroxylation sites is 2. The van der Waals surface area contributed by atoms with E-state index in [0.29, 0.717) is 16.1 Å². The summed E-state index contributed by atoms with van der Waals surface area (Å²) in [4.78, 5) is 18.3. The zero-order chi connectivity index (χ0) is 22.4. The van der Waals surface area contributed by atoms with Crippen molar-refractivity contribution in [2.24, 2.45) is 0 Å². The van der Waals surface area contributed by atoms with Gasteiger partial charge >= 0.3 is 0 Å². The summed E-state index contributed by atoms with van der Waals surface area (Å²) < 4.78 is 9.23. The van der Waals surface area contributed by atoms with Gasteiger partial charge in [0, 0.05) is 0 Å². The Kier molecular flexibility index (Phi) is 4.97. The minimum absolute atomic E-state index is 0.0450. The molecule has 160 valence electrons. The van der Waals surface area contributed by atoms with E-state index < -0.39 is 0 Å². The summed E-state index contributed by atoms with van der Waals surface area (Å²) >= 11 is 5.01. The number of fused-ring (bicyclic) bond motifs is 4. The molecular formula is C27H17BrN2O2S. The van der Waals surface area contributed by atoms with E-state index in [4.69, 9.17) is 4.74 Å². The minimum Gasteiger partial charge on any atom is -0.488 e. The van der Waals surface area contributed by atoms with E-state index in [1.807, 2.05) is 60.7 Å². The molecule has 0 radical (unpaired) electrons. The van der Waals surface area contributed by atoms with E-state index in [1.54, 1.807) is 4.40 Å². The lowest BCUT2D eigenvalue weighted by Gasteiger charge is -2.10. The molecule has 0 bridgehead atoms. The molecule has 0 atom stereocenters. The summed E-state index contributed by atoms with van der Waals surface area (Å²) in [6.45, 7) is 0.479. The molecule has 0 saturated heterocycles. The molecule has 0 aliphatic carbocycles. The second kappa shape index (κ2) is 8.14. The van der Waals surface area contributed by atoms with Crippen LogP contribution in [0.4, 0.5) is 0 Å². The van der Waals surface area contributed by atoms with E-state index in [9.17, 15) is 4.79 Å². The maximum absolute atomic E-state index is 13.0. The lowest BCUT2D eigenvalue weighted by atomic mass is 10.1. The molecule has 2 heterocycles. The lowest BCUT2D eigenvalue weighted by molar-refractivity contribution is 0.304. The first kappa shape index (κ1) is 20.1. The Bertz CT molecular complexity index is 1770. The number of nitrogens with zero attached hydrogens (tertiary/aromatic N) is 2. The topological polar surface area (TPSA) is 43.6 Å². The summed E-state index contributed by atoms with van der Waals surface area (Å²) in [5, 5.41) is 2.42. The number of hydrogen-bond acceptors (Lipinski definition) is 4. The van der Waals surface area contributed by atoms with Gasteiger partial charge in [-0.25, -0.2) is 9.38 Å². The van der Waals surface area contributed by atoms with Crippen LogP contribution in [-0.2, 0) is 6.61 Å². The van der Waals surface area contributed by atoms with Gasteiger partial charge in [0.05, 0.1) is 20.0 Å². The van der Waals surface area contributed by atoms with Gasteiger partial charge in [-0.1, -0.05) is 65.9 Å². The average molecular weight is 513 g/mol. The molecule has 4 nitrogen and oxygen atoms in total. The summed E-state index contributed by atoms with van der Waals surface area (Å²) in [5.74, 6) is 0.759. The van der Waals surface area contributed by atoms with Crippen LogP contribution in [-0.4, -0.2) is 9.38 Å². The first-order chi connectivity index (χ1) is 16.2. The van der Waals surface area contributed by atoms with Gasteiger partial charge in [-0.2, -0.15) is 0 Å². The van der Waals surface area contributed by atoms with Gasteiger partial charge in [0.2, 0.25) is 0 Å². The monoisotopic (exact) mass is 512 g/mol. The zero-order valence-electron chi connectivity index (χ0n) is 17.4. The number of benzene rings is 4. The van der Waals surface area contributed by atoms with Gasteiger partial charge in [0.25, 0.3) is 5.56 Å². The third kappa shape index (κ3) is 3.71. The van der Waals surface area contributed by atoms with Crippen LogP contribution in [0.15, 0.2) is 94.2 Å². The van der Waals surface area contributed by atoms with Gasteiger partial charge < -0.3 is 4.74 Å². The third-order valence-electron chi connectivity index (χ3n) is 5.61. The van der Waals surface area contributed by atoms with Crippen molar-refractivity contribution >= 4 is 60.1 Å². The highest BCUT2D eigenvalue weighted by molar-refractivity contribution is 9.10. The normalized spacial score (nSPS) is 12.2. The SMILES string of the molecule is O=c1/c(=C/c2ccc(OCc3ccc4ccccc4c3)c(Br)c2)sc2nc3ccccc3n12. The molecule has 0 spiro atoms. The number of imidazole rings is 1. The number of halogens is 1. The van der Waals surface area contributed by atoms with Crippen molar-refractivity contribution in [3.63, 3.8) is 0 Å². The fourth-order valence-electron chi connectivity index (χ4n) is 3.98. The Hall–Kier alpha value is -3.48.